The number of hydrogen-bond acceptors (Lipinski definition) is 5. The van der Waals surface area contributed by atoms with E-state index < -0.39 is 28.3 Å². The van der Waals surface area contributed by atoms with Gasteiger partial charge in [-0.15, -0.1) is 0 Å². The summed E-state index contributed by atoms with van der Waals surface area (Å²) in [5.74, 6) is -1.69. The third-order valence-corrected chi connectivity index (χ3v) is 4.62. The molecule has 2 aromatic carbocycles. The Hall–Kier alpha value is -2.94. The fourth-order valence-corrected chi connectivity index (χ4v) is 2.93. The van der Waals surface area contributed by atoms with E-state index in [0.717, 1.165) is 13.2 Å². The van der Waals surface area contributed by atoms with Gasteiger partial charge in [0, 0.05) is 12.0 Å². The molecule has 0 aliphatic rings. The first-order valence-corrected chi connectivity index (χ1v) is 9.63. The predicted octanol–water partition coefficient (Wildman–Crippen LogP) is 5.88. The standard InChI is InChI=1S/C21H21ClF3NO5/c1-5-16(27)26-31-15-8-6-7-12(11(2)3)19(15)30-14-10-9-13(21(23,24)25)17(18(14)22)20(28)29-4/h6-11H,5H2,1-4H3,(H,26,27). The molecule has 2 rings (SSSR count). The number of benzene rings is 2. The molecule has 1 amide bonds. The first-order chi connectivity index (χ1) is 14.5. The normalized spacial score (nSPS) is 11.3. The van der Waals surface area contributed by atoms with Crippen LogP contribution >= 0.6 is 11.6 Å². The highest BCUT2D eigenvalue weighted by atomic mass is 35.5. The van der Waals surface area contributed by atoms with Gasteiger partial charge in [-0.05, 0) is 24.1 Å². The highest BCUT2D eigenvalue weighted by Crippen LogP contribution is 2.44. The number of nitrogens with one attached hydrogen (secondary N) is 1. The van der Waals surface area contributed by atoms with Crippen molar-refractivity contribution in [2.24, 2.45) is 0 Å². The van der Waals surface area contributed by atoms with Crippen molar-refractivity contribution >= 4 is 23.5 Å². The number of esters is 1. The maximum atomic E-state index is 13.4. The maximum Gasteiger partial charge on any atom is 0.417 e. The van der Waals surface area contributed by atoms with Crippen molar-refractivity contribution in [2.45, 2.75) is 39.3 Å². The van der Waals surface area contributed by atoms with E-state index in [4.69, 9.17) is 21.2 Å². The number of halogens is 4. The lowest BCUT2D eigenvalue weighted by atomic mass is 10.0. The van der Waals surface area contributed by atoms with Gasteiger partial charge < -0.3 is 14.3 Å². The van der Waals surface area contributed by atoms with E-state index in [2.05, 4.69) is 10.2 Å². The zero-order valence-corrected chi connectivity index (χ0v) is 18.0. The minimum atomic E-state index is -4.83. The monoisotopic (exact) mass is 459 g/mol. The molecule has 0 fully saturated rings. The summed E-state index contributed by atoms with van der Waals surface area (Å²) in [6.07, 6.45) is -4.66. The molecule has 6 nitrogen and oxygen atoms in total. The van der Waals surface area contributed by atoms with Crippen LogP contribution in [0.25, 0.3) is 0 Å². The zero-order valence-electron chi connectivity index (χ0n) is 17.2. The van der Waals surface area contributed by atoms with Gasteiger partial charge in [0.15, 0.2) is 11.5 Å². The number of hydrogen-bond donors (Lipinski definition) is 1. The van der Waals surface area contributed by atoms with Crippen molar-refractivity contribution in [2.75, 3.05) is 7.11 Å². The Morgan fingerprint density at radius 2 is 1.81 bits per heavy atom. The third-order valence-electron chi connectivity index (χ3n) is 4.24. The molecule has 2 aromatic rings. The Balaban J connectivity index is 2.59. The molecule has 0 radical (unpaired) electrons. The Morgan fingerprint density at radius 3 is 2.35 bits per heavy atom. The van der Waals surface area contributed by atoms with Crippen LogP contribution < -0.4 is 15.1 Å². The first kappa shape index (κ1) is 24.3. The molecule has 0 saturated heterocycles. The highest BCUT2D eigenvalue weighted by Gasteiger charge is 2.38. The molecule has 0 aliphatic carbocycles. The Morgan fingerprint density at radius 1 is 1.13 bits per heavy atom. The predicted molar refractivity (Wildman–Crippen MR) is 107 cm³/mol. The number of amides is 1. The van der Waals surface area contributed by atoms with Gasteiger partial charge >= 0.3 is 12.1 Å². The average molecular weight is 460 g/mol. The van der Waals surface area contributed by atoms with Crippen LogP contribution in [0.5, 0.6) is 17.2 Å². The summed E-state index contributed by atoms with van der Waals surface area (Å²) in [7, 11) is 0.947. The summed E-state index contributed by atoms with van der Waals surface area (Å²) >= 11 is 6.14. The van der Waals surface area contributed by atoms with Crippen LogP contribution in [0.15, 0.2) is 30.3 Å². The number of carbonyl (C=O) groups excluding carboxylic acids is 2. The van der Waals surface area contributed by atoms with Crippen LogP contribution in [0, 0.1) is 0 Å². The summed E-state index contributed by atoms with van der Waals surface area (Å²) in [4.78, 5) is 28.9. The van der Waals surface area contributed by atoms with E-state index in [1.165, 1.54) is 6.07 Å². The fourth-order valence-electron chi connectivity index (χ4n) is 2.64. The Bertz CT molecular complexity index is 976. The van der Waals surface area contributed by atoms with E-state index in [9.17, 15) is 22.8 Å². The van der Waals surface area contributed by atoms with Crippen molar-refractivity contribution in [3.8, 4) is 17.2 Å². The van der Waals surface area contributed by atoms with E-state index >= 15 is 0 Å². The molecule has 0 aromatic heterocycles. The van der Waals surface area contributed by atoms with E-state index in [1.807, 2.05) is 13.8 Å². The first-order valence-electron chi connectivity index (χ1n) is 9.25. The number of ether oxygens (including phenoxy) is 2. The number of para-hydroxylation sites is 1. The van der Waals surface area contributed by atoms with Crippen LogP contribution in [0.4, 0.5) is 13.2 Å². The molecule has 0 aliphatic heterocycles. The molecule has 0 bridgehead atoms. The summed E-state index contributed by atoms with van der Waals surface area (Å²) in [5.41, 5.74) is 0.774. The van der Waals surface area contributed by atoms with E-state index in [1.54, 1.807) is 19.1 Å². The minimum Gasteiger partial charge on any atom is -0.465 e. The molecular formula is C21H21ClF3NO5. The number of rotatable bonds is 7. The summed E-state index contributed by atoms with van der Waals surface area (Å²) < 4.78 is 50.4. The largest absolute Gasteiger partial charge is 0.465 e. The van der Waals surface area contributed by atoms with Gasteiger partial charge in [-0.1, -0.05) is 44.5 Å². The Kier molecular flexibility index (Phi) is 7.78. The summed E-state index contributed by atoms with van der Waals surface area (Å²) in [5, 5.41) is -0.566. The molecule has 0 atom stereocenters. The van der Waals surface area contributed by atoms with Gasteiger partial charge in [-0.3, -0.25) is 4.79 Å². The lowest BCUT2D eigenvalue weighted by Gasteiger charge is -2.20. The van der Waals surface area contributed by atoms with Crippen LogP contribution in [0.3, 0.4) is 0 Å². The SMILES string of the molecule is CCC(=O)NOc1cccc(C(C)C)c1Oc1ccc(C(F)(F)F)c(C(=O)OC)c1Cl. The Labute approximate surface area is 182 Å². The van der Waals surface area contributed by atoms with Crippen LogP contribution in [0.1, 0.15) is 54.6 Å². The molecule has 31 heavy (non-hydrogen) atoms. The maximum absolute atomic E-state index is 13.4. The van der Waals surface area contributed by atoms with Crippen molar-refractivity contribution < 1.29 is 37.1 Å². The average Bonchev–Trinajstić information content (AvgIpc) is 2.72. The third kappa shape index (κ3) is 5.61. The molecule has 0 spiro atoms. The van der Waals surface area contributed by atoms with Crippen molar-refractivity contribution in [3.05, 3.63) is 52.0 Å². The topological polar surface area (TPSA) is 73.9 Å². The van der Waals surface area contributed by atoms with Crippen LogP contribution in [-0.4, -0.2) is 19.0 Å². The quantitative estimate of drug-likeness (QED) is 0.413. The second-order valence-corrected chi connectivity index (χ2v) is 7.08. The fraction of sp³-hybridized carbons (Fsp3) is 0.333. The lowest BCUT2D eigenvalue weighted by molar-refractivity contribution is -0.138. The zero-order chi connectivity index (χ0) is 23.3. The van der Waals surface area contributed by atoms with E-state index in [-0.39, 0.29) is 35.5 Å². The molecule has 0 unspecified atom stereocenters. The van der Waals surface area contributed by atoms with Crippen LogP contribution in [-0.2, 0) is 15.7 Å². The molecule has 0 heterocycles. The summed E-state index contributed by atoms with van der Waals surface area (Å²) in [6.45, 7) is 5.37. The number of hydroxylamine groups is 1. The van der Waals surface area contributed by atoms with Gasteiger partial charge in [0.1, 0.15) is 5.75 Å². The van der Waals surface area contributed by atoms with Crippen molar-refractivity contribution in [1.82, 2.24) is 5.48 Å². The number of carbonyl (C=O) groups is 2. The summed E-state index contributed by atoms with van der Waals surface area (Å²) in [6, 6.07) is 6.60. The second kappa shape index (κ2) is 9.91. The number of methoxy groups -OCH3 is 1. The molecular weight excluding hydrogens is 439 g/mol. The lowest BCUT2D eigenvalue weighted by Crippen LogP contribution is -2.26. The van der Waals surface area contributed by atoms with Gasteiger partial charge in [-0.25, -0.2) is 4.79 Å². The molecule has 0 saturated carbocycles. The van der Waals surface area contributed by atoms with Gasteiger partial charge in [0.25, 0.3) is 5.91 Å². The molecule has 10 heteroatoms. The van der Waals surface area contributed by atoms with Crippen molar-refractivity contribution in [3.63, 3.8) is 0 Å². The van der Waals surface area contributed by atoms with E-state index in [0.29, 0.717) is 11.6 Å². The molecule has 168 valence electrons. The minimum absolute atomic E-state index is 0.0753. The van der Waals surface area contributed by atoms with Gasteiger partial charge in [0.05, 0.1) is 23.3 Å². The van der Waals surface area contributed by atoms with Crippen LogP contribution in [0.2, 0.25) is 5.02 Å². The smallest absolute Gasteiger partial charge is 0.417 e. The number of alkyl halides is 3. The van der Waals surface area contributed by atoms with Gasteiger partial charge in [-0.2, -0.15) is 18.7 Å². The van der Waals surface area contributed by atoms with Crippen molar-refractivity contribution in [1.29, 1.82) is 0 Å². The molecule has 1 N–H and O–H groups in total. The second-order valence-electron chi connectivity index (χ2n) is 6.70. The highest BCUT2D eigenvalue weighted by molar-refractivity contribution is 6.35. The van der Waals surface area contributed by atoms with Gasteiger partial charge in [0.2, 0.25) is 0 Å².